The van der Waals surface area contributed by atoms with E-state index in [0.717, 1.165) is 39.3 Å². The zero-order chi connectivity index (χ0) is 15.3. The number of phenols is 1. The van der Waals surface area contributed by atoms with E-state index in [2.05, 4.69) is 15.5 Å². The van der Waals surface area contributed by atoms with Gasteiger partial charge < -0.3 is 15.7 Å². The largest absolute Gasteiger partial charge is 0.508 e. The van der Waals surface area contributed by atoms with Crippen molar-refractivity contribution in [2.75, 3.05) is 39.3 Å². The molecule has 0 amide bonds. The maximum absolute atomic E-state index is 11.2. The van der Waals surface area contributed by atoms with Crippen molar-refractivity contribution in [3.8, 4) is 5.75 Å². The number of rotatable bonds is 3. The number of phenolic OH excluding ortho intramolecular Hbond substituents is 1. The van der Waals surface area contributed by atoms with E-state index in [0.29, 0.717) is 12.1 Å². The second-order valence-electron chi connectivity index (χ2n) is 5.04. The van der Waals surface area contributed by atoms with Gasteiger partial charge in [-0.25, -0.2) is 0 Å². The molecular formula is C13H21N3O4S. The summed E-state index contributed by atoms with van der Waals surface area (Å²) in [7, 11) is -4.26. The molecule has 0 spiro atoms. The van der Waals surface area contributed by atoms with E-state index in [1.54, 1.807) is 0 Å². The van der Waals surface area contributed by atoms with Crippen molar-refractivity contribution >= 4 is 10.1 Å². The van der Waals surface area contributed by atoms with Crippen molar-refractivity contribution in [1.29, 1.82) is 0 Å². The van der Waals surface area contributed by atoms with Crippen LogP contribution in [0.5, 0.6) is 5.75 Å². The van der Waals surface area contributed by atoms with Gasteiger partial charge in [0, 0.05) is 51.4 Å². The lowest BCUT2D eigenvalue weighted by Gasteiger charge is -2.22. The molecule has 21 heavy (non-hydrogen) atoms. The average Bonchev–Trinajstić information content (AvgIpc) is 2.54. The summed E-state index contributed by atoms with van der Waals surface area (Å²) >= 11 is 0. The highest BCUT2D eigenvalue weighted by Gasteiger charge is 2.15. The highest BCUT2D eigenvalue weighted by atomic mass is 32.2. The second kappa shape index (κ2) is 7.19. The van der Waals surface area contributed by atoms with Crippen LogP contribution in [0.25, 0.3) is 0 Å². The standard InChI is InChI=1S/C13H21N3O4S/c17-13-2-1-12(21(18,19)20)9-11(13)10-16-7-5-14-3-4-15-6-8-16/h1-2,9,14-15,17H,3-8,10H2,(H,18,19,20). The summed E-state index contributed by atoms with van der Waals surface area (Å²) in [4.78, 5) is 1.92. The van der Waals surface area contributed by atoms with Gasteiger partial charge in [0.25, 0.3) is 10.1 Å². The fourth-order valence-corrected chi connectivity index (χ4v) is 2.79. The number of benzene rings is 1. The third kappa shape index (κ3) is 4.94. The van der Waals surface area contributed by atoms with E-state index >= 15 is 0 Å². The van der Waals surface area contributed by atoms with Crippen LogP contribution in [0.3, 0.4) is 0 Å². The molecule has 1 fully saturated rings. The molecule has 8 heteroatoms. The summed E-state index contributed by atoms with van der Waals surface area (Å²) in [5.74, 6) is 0.0307. The first-order valence-corrected chi connectivity index (χ1v) is 8.34. The molecule has 118 valence electrons. The lowest BCUT2D eigenvalue weighted by Crippen LogP contribution is -2.33. The molecule has 1 aliphatic heterocycles. The fraction of sp³-hybridized carbons (Fsp3) is 0.538. The van der Waals surface area contributed by atoms with Gasteiger partial charge in [0.15, 0.2) is 0 Å². The SMILES string of the molecule is O=S(=O)(O)c1ccc(O)c(CN2CCNCCNCC2)c1. The first kappa shape index (κ1) is 16.2. The van der Waals surface area contributed by atoms with Crippen molar-refractivity contribution in [3.63, 3.8) is 0 Å². The Balaban J connectivity index is 2.13. The molecule has 0 unspecified atom stereocenters. The average molecular weight is 315 g/mol. The van der Waals surface area contributed by atoms with Crippen LogP contribution in [-0.2, 0) is 16.7 Å². The van der Waals surface area contributed by atoms with Crippen molar-refractivity contribution in [3.05, 3.63) is 23.8 Å². The Morgan fingerprint density at radius 1 is 1.10 bits per heavy atom. The van der Waals surface area contributed by atoms with Crippen LogP contribution in [0, 0.1) is 0 Å². The second-order valence-corrected chi connectivity index (χ2v) is 6.46. The predicted molar refractivity (Wildman–Crippen MR) is 78.9 cm³/mol. The van der Waals surface area contributed by atoms with Crippen LogP contribution in [0.15, 0.2) is 23.1 Å². The van der Waals surface area contributed by atoms with Crippen LogP contribution < -0.4 is 10.6 Å². The Morgan fingerprint density at radius 2 is 1.71 bits per heavy atom. The van der Waals surface area contributed by atoms with Gasteiger partial charge in [-0.1, -0.05) is 0 Å². The number of nitrogens with zero attached hydrogens (tertiary/aromatic N) is 1. The van der Waals surface area contributed by atoms with Crippen LogP contribution in [0.1, 0.15) is 5.56 Å². The third-order valence-electron chi connectivity index (χ3n) is 3.43. The highest BCUT2D eigenvalue weighted by Crippen LogP contribution is 2.22. The van der Waals surface area contributed by atoms with Crippen molar-refractivity contribution in [2.45, 2.75) is 11.4 Å². The van der Waals surface area contributed by atoms with Gasteiger partial charge in [-0.2, -0.15) is 8.42 Å². The molecular weight excluding hydrogens is 294 g/mol. The van der Waals surface area contributed by atoms with Gasteiger partial charge in [0.1, 0.15) is 5.75 Å². The molecule has 4 N–H and O–H groups in total. The summed E-state index contributed by atoms with van der Waals surface area (Å²) in [6.07, 6.45) is 0. The molecule has 1 aromatic carbocycles. The smallest absolute Gasteiger partial charge is 0.294 e. The quantitative estimate of drug-likeness (QED) is 0.565. The van der Waals surface area contributed by atoms with E-state index < -0.39 is 10.1 Å². The summed E-state index contributed by atoms with van der Waals surface area (Å²) in [6, 6.07) is 3.80. The van der Waals surface area contributed by atoms with Crippen molar-refractivity contribution < 1.29 is 18.1 Å². The van der Waals surface area contributed by atoms with E-state index in [9.17, 15) is 13.5 Å². The molecule has 0 aliphatic carbocycles. The van der Waals surface area contributed by atoms with Crippen molar-refractivity contribution in [2.24, 2.45) is 0 Å². The molecule has 0 radical (unpaired) electrons. The lowest BCUT2D eigenvalue weighted by atomic mass is 10.2. The summed E-state index contributed by atoms with van der Waals surface area (Å²) in [5.41, 5.74) is 0.490. The molecule has 2 rings (SSSR count). The minimum absolute atomic E-state index is 0.0307. The predicted octanol–water partition coefficient (Wildman–Crippen LogP) is -0.366. The summed E-state index contributed by atoms with van der Waals surface area (Å²) in [5, 5.41) is 16.5. The fourth-order valence-electron chi connectivity index (χ4n) is 2.26. The first-order valence-electron chi connectivity index (χ1n) is 6.90. The van der Waals surface area contributed by atoms with Crippen LogP contribution >= 0.6 is 0 Å². The monoisotopic (exact) mass is 315 g/mol. The maximum atomic E-state index is 11.2. The zero-order valence-electron chi connectivity index (χ0n) is 11.7. The molecule has 0 saturated carbocycles. The van der Waals surface area contributed by atoms with Crippen LogP contribution in [0.4, 0.5) is 0 Å². The van der Waals surface area contributed by atoms with E-state index in [-0.39, 0.29) is 10.6 Å². The summed E-state index contributed by atoms with van der Waals surface area (Å²) in [6.45, 7) is 5.53. The molecule has 1 saturated heterocycles. The number of aromatic hydroxyl groups is 1. The lowest BCUT2D eigenvalue weighted by molar-refractivity contribution is 0.268. The normalized spacial score (nSPS) is 18.7. The van der Waals surface area contributed by atoms with E-state index in [1.807, 2.05) is 0 Å². The van der Waals surface area contributed by atoms with Gasteiger partial charge >= 0.3 is 0 Å². The minimum Gasteiger partial charge on any atom is -0.508 e. The van der Waals surface area contributed by atoms with Crippen LogP contribution in [-0.4, -0.2) is 62.2 Å². The molecule has 0 bridgehead atoms. The molecule has 7 nitrogen and oxygen atoms in total. The molecule has 0 atom stereocenters. The Kier molecular flexibility index (Phi) is 5.54. The van der Waals surface area contributed by atoms with Gasteiger partial charge in [-0.05, 0) is 18.2 Å². The Bertz CT molecular complexity index is 567. The Morgan fingerprint density at radius 3 is 2.29 bits per heavy atom. The van der Waals surface area contributed by atoms with Crippen LogP contribution in [0.2, 0.25) is 0 Å². The van der Waals surface area contributed by atoms with Gasteiger partial charge in [0.2, 0.25) is 0 Å². The highest BCUT2D eigenvalue weighted by molar-refractivity contribution is 7.85. The van der Waals surface area contributed by atoms with Gasteiger partial charge in [-0.3, -0.25) is 9.45 Å². The minimum atomic E-state index is -4.26. The number of nitrogens with one attached hydrogen (secondary N) is 2. The number of hydrogen-bond acceptors (Lipinski definition) is 6. The topological polar surface area (TPSA) is 102 Å². The first-order chi connectivity index (χ1) is 9.97. The van der Waals surface area contributed by atoms with Gasteiger partial charge in [-0.15, -0.1) is 0 Å². The van der Waals surface area contributed by atoms with E-state index in [4.69, 9.17) is 4.55 Å². The van der Waals surface area contributed by atoms with Crippen molar-refractivity contribution in [1.82, 2.24) is 15.5 Å². The zero-order valence-corrected chi connectivity index (χ0v) is 12.6. The maximum Gasteiger partial charge on any atom is 0.294 e. The molecule has 0 aromatic heterocycles. The van der Waals surface area contributed by atoms with E-state index in [1.165, 1.54) is 18.2 Å². The Labute approximate surface area is 124 Å². The molecule has 1 heterocycles. The Hall–Kier alpha value is -1.19. The molecule has 1 aliphatic rings. The third-order valence-corrected chi connectivity index (χ3v) is 4.28. The number of hydrogen-bond donors (Lipinski definition) is 4. The van der Waals surface area contributed by atoms with Gasteiger partial charge in [0.05, 0.1) is 4.90 Å². The summed E-state index contributed by atoms with van der Waals surface area (Å²) < 4.78 is 31.4. The molecule has 1 aromatic rings.